The molecular weight excluding hydrogens is 380 g/mol. The normalized spacial score (nSPS) is 14.3. The molecule has 142 valence electrons. The zero-order valence-electron chi connectivity index (χ0n) is 15.4. The van der Waals surface area contributed by atoms with Gasteiger partial charge in [0.1, 0.15) is 0 Å². The molecule has 0 aliphatic carbocycles. The largest absolute Gasteiger partial charge is 0.368 e. The summed E-state index contributed by atoms with van der Waals surface area (Å²) in [5, 5.41) is 0.730. The summed E-state index contributed by atoms with van der Waals surface area (Å²) in [7, 11) is 0. The Morgan fingerprint density at radius 3 is 2.19 bits per heavy atom. The molecule has 1 saturated heterocycles. The number of Topliss-reactive ketones (excluding diaryl/α,β-unsaturated/α-hetero) is 1. The highest BCUT2D eigenvalue weighted by Crippen LogP contribution is 2.19. The molecule has 0 N–H and O–H groups in total. The van der Waals surface area contributed by atoms with E-state index in [0.29, 0.717) is 5.75 Å². The summed E-state index contributed by atoms with van der Waals surface area (Å²) in [6.45, 7) is 4.66. The maximum atomic E-state index is 12.4. The van der Waals surface area contributed by atoms with Crippen LogP contribution in [0.15, 0.2) is 48.5 Å². The number of anilines is 1. The Kier molecular flexibility index (Phi) is 6.80. The van der Waals surface area contributed by atoms with Gasteiger partial charge < -0.3 is 9.80 Å². The molecule has 2 aromatic rings. The SMILES string of the molecule is CC(=O)c1ccc(N2CCN(C(=O)CSCc3ccc(Cl)cc3)CC2)cc1. The van der Waals surface area contributed by atoms with Crippen LogP contribution in [0.25, 0.3) is 0 Å². The van der Waals surface area contributed by atoms with Gasteiger partial charge in [-0.3, -0.25) is 9.59 Å². The van der Waals surface area contributed by atoms with E-state index in [0.717, 1.165) is 48.2 Å². The van der Waals surface area contributed by atoms with Crippen molar-refractivity contribution in [3.05, 3.63) is 64.7 Å². The van der Waals surface area contributed by atoms with Crippen LogP contribution < -0.4 is 4.90 Å². The Hall–Kier alpha value is -1.98. The molecule has 0 saturated carbocycles. The Labute approximate surface area is 169 Å². The zero-order valence-corrected chi connectivity index (χ0v) is 16.9. The number of hydrogen-bond donors (Lipinski definition) is 0. The Bertz CT molecular complexity index is 785. The number of amides is 1. The topological polar surface area (TPSA) is 40.6 Å². The van der Waals surface area contributed by atoms with Crippen LogP contribution in [0.4, 0.5) is 5.69 Å². The van der Waals surface area contributed by atoms with Gasteiger partial charge in [-0.05, 0) is 48.9 Å². The predicted molar refractivity (Wildman–Crippen MR) is 113 cm³/mol. The lowest BCUT2D eigenvalue weighted by molar-refractivity contribution is -0.128. The minimum absolute atomic E-state index is 0.0769. The molecule has 0 bridgehead atoms. The molecule has 0 spiro atoms. The van der Waals surface area contributed by atoms with Crippen molar-refractivity contribution in [2.24, 2.45) is 0 Å². The molecule has 1 heterocycles. The van der Waals surface area contributed by atoms with E-state index in [9.17, 15) is 9.59 Å². The van der Waals surface area contributed by atoms with Gasteiger partial charge in [-0.2, -0.15) is 0 Å². The second-order valence-electron chi connectivity index (χ2n) is 6.59. The number of thioether (sulfide) groups is 1. The first-order valence-corrected chi connectivity index (χ1v) is 10.5. The van der Waals surface area contributed by atoms with Gasteiger partial charge in [0.25, 0.3) is 0 Å². The highest BCUT2D eigenvalue weighted by molar-refractivity contribution is 7.99. The number of carbonyl (C=O) groups excluding carboxylic acids is 2. The number of carbonyl (C=O) groups is 2. The van der Waals surface area contributed by atoms with Crippen LogP contribution in [-0.2, 0) is 10.5 Å². The van der Waals surface area contributed by atoms with Gasteiger partial charge in [0.2, 0.25) is 5.91 Å². The smallest absolute Gasteiger partial charge is 0.232 e. The first kappa shape index (κ1) is 19.8. The minimum Gasteiger partial charge on any atom is -0.368 e. The third kappa shape index (κ3) is 5.50. The number of nitrogens with zero attached hydrogens (tertiary/aromatic N) is 2. The van der Waals surface area contributed by atoms with E-state index < -0.39 is 0 Å². The number of hydrogen-bond acceptors (Lipinski definition) is 4. The predicted octanol–water partition coefficient (Wildman–Crippen LogP) is 4.12. The standard InChI is InChI=1S/C21H23ClN2O2S/c1-16(25)18-4-8-20(9-5-18)23-10-12-24(13-11-23)21(26)15-27-14-17-2-6-19(22)7-3-17/h2-9H,10-15H2,1H3. The Morgan fingerprint density at radius 2 is 1.59 bits per heavy atom. The summed E-state index contributed by atoms with van der Waals surface area (Å²) in [6, 6.07) is 15.4. The molecule has 1 amide bonds. The highest BCUT2D eigenvalue weighted by atomic mass is 35.5. The van der Waals surface area contributed by atoms with Gasteiger partial charge in [-0.15, -0.1) is 11.8 Å². The molecule has 0 radical (unpaired) electrons. The molecule has 1 aliphatic rings. The molecule has 2 aromatic carbocycles. The number of piperazine rings is 1. The fraction of sp³-hybridized carbons (Fsp3) is 0.333. The van der Waals surface area contributed by atoms with E-state index in [4.69, 9.17) is 11.6 Å². The Morgan fingerprint density at radius 1 is 0.963 bits per heavy atom. The quantitative estimate of drug-likeness (QED) is 0.681. The van der Waals surface area contributed by atoms with E-state index in [1.54, 1.807) is 18.7 Å². The van der Waals surface area contributed by atoms with Crippen molar-refractivity contribution in [3.8, 4) is 0 Å². The van der Waals surface area contributed by atoms with Crippen LogP contribution in [0.5, 0.6) is 0 Å². The lowest BCUT2D eigenvalue weighted by atomic mass is 10.1. The average molecular weight is 403 g/mol. The molecule has 6 heteroatoms. The van der Waals surface area contributed by atoms with E-state index >= 15 is 0 Å². The average Bonchev–Trinajstić information content (AvgIpc) is 2.69. The monoisotopic (exact) mass is 402 g/mol. The minimum atomic E-state index is 0.0769. The van der Waals surface area contributed by atoms with Crippen molar-refractivity contribution >= 4 is 40.7 Å². The summed E-state index contributed by atoms with van der Waals surface area (Å²) >= 11 is 7.52. The first-order chi connectivity index (χ1) is 13.0. The number of rotatable bonds is 6. The van der Waals surface area contributed by atoms with Crippen molar-refractivity contribution in [2.45, 2.75) is 12.7 Å². The summed E-state index contributed by atoms with van der Waals surface area (Å²) in [5.41, 5.74) is 3.01. The third-order valence-electron chi connectivity index (χ3n) is 4.68. The molecule has 1 fully saturated rings. The van der Waals surface area contributed by atoms with Gasteiger partial charge in [0.15, 0.2) is 5.78 Å². The van der Waals surface area contributed by atoms with Crippen LogP contribution in [0.1, 0.15) is 22.8 Å². The summed E-state index contributed by atoms with van der Waals surface area (Å²) in [5.74, 6) is 1.58. The second kappa shape index (κ2) is 9.29. The van der Waals surface area contributed by atoms with E-state index in [-0.39, 0.29) is 11.7 Å². The van der Waals surface area contributed by atoms with Gasteiger partial charge in [0, 0.05) is 48.2 Å². The van der Waals surface area contributed by atoms with Gasteiger partial charge >= 0.3 is 0 Å². The molecule has 1 aliphatic heterocycles. The first-order valence-electron chi connectivity index (χ1n) is 8.99. The van der Waals surface area contributed by atoms with Crippen molar-refractivity contribution in [1.29, 1.82) is 0 Å². The second-order valence-corrected chi connectivity index (χ2v) is 8.01. The van der Waals surface area contributed by atoms with Crippen LogP contribution in [0.3, 0.4) is 0 Å². The molecule has 3 rings (SSSR count). The van der Waals surface area contributed by atoms with Gasteiger partial charge in [-0.25, -0.2) is 0 Å². The molecule has 0 atom stereocenters. The summed E-state index contributed by atoms with van der Waals surface area (Å²) < 4.78 is 0. The van der Waals surface area contributed by atoms with E-state index in [1.807, 2.05) is 53.4 Å². The van der Waals surface area contributed by atoms with Gasteiger partial charge in [0.05, 0.1) is 5.75 Å². The van der Waals surface area contributed by atoms with Gasteiger partial charge in [-0.1, -0.05) is 23.7 Å². The maximum Gasteiger partial charge on any atom is 0.232 e. The van der Waals surface area contributed by atoms with E-state index in [2.05, 4.69) is 4.90 Å². The fourth-order valence-electron chi connectivity index (χ4n) is 3.05. The molecule has 0 unspecified atom stereocenters. The van der Waals surface area contributed by atoms with Crippen molar-refractivity contribution in [2.75, 3.05) is 36.8 Å². The molecule has 0 aromatic heterocycles. The van der Waals surface area contributed by atoms with Crippen LogP contribution in [0.2, 0.25) is 5.02 Å². The summed E-state index contributed by atoms with van der Waals surface area (Å²) in [6.07, 6.45) is 0. The Balaban J connectivity index is 1.43. The zero-order chi connectivity index (χ0) is 19.2. The van der Waals surface area contributed by atoms with Crippen LogP contribution in [-0.4, -0.2) is 48.5 Å². The van der Waals surface area contributed by atoms with Crippen molar-refractivity contribution in [3.63, 3.8) is 0 Å². The molecule has 4 nitrogen and oxygen atoms in total. The van der Waals surface area contributed by atoms with Crippen molar-refractivity contribution < 1.29 is 9.59 Å². The number of ketones is 1. The van der Waals surface area contributed by atoms with Crippen LogP contribution >= 0.6 is 23.4 Å². The fourth-order valence-corrected chi connectivity index (χ4v) is 4.06. The highest BCUT2D eigenvalue weighted by Gasteiger charge is 2.21. The molecular formula is C21H23ClN2O2S. The number of halogens is 1. The lowest BCUT2D eigenvalue weighted by Crippen LogP contribution is -2.49. The molecule has 27 heavy (non-hydrogen) atoms. The van der Waals surface area contributed by atoms with Crippen LogP contribution in [0, 0.1) is 0 Å². The third-order valence-corrected chi connectivity index (χ3v) is 5.92. The number of benzene rings is 2. The summed E-state index contributed by atoms with van der Waals surface area (Å²) in [4.78, 5) is 28.0. The van der Waals surface area contributed by atoms with Crippen molar-refractivity contribution in [1.82, 2.24) is 4.90 Å². The maximum absolute atomic E-state index is 12.4. The van der Waals surface area contributed by atoms with E-state index in [1.165, 1.54) is 5.56 Å². The lowest BCUT2D eigenvalue weighted by Gasteiger charge is -2.36.